The van der Waals surface area contributed by atoms with Crippen molar-refractivity contribution < 1.29 is 18.7 Å². The number of ether oxygens (including phenoxy) is 1. The standard InChI is InChI=1S/C15H20FN3O3/c1-11(14(20)22-2)17-15(21)19-9-7-18(8-10-19)13-5-3-12(16)4-6-13/h3-6,11H,7-10H2,1-2H3,(H,17,21). The Bertz CT molecular complexity index is 527. The molecule has 1 aliphatic heterocycles. The van der Waals surface area contributed by atoms with E-state index in [2.05, 4.69) is 15.0 Å². The molecule has 1 fully saturated rings. The molecular weight excluding hydrogens is 289 g/mol. The average molecular weight is 309 g/mol. The molecule has 1 aliphatic rings. The molecule has 1 aromatic rings. The van der Waals surface area contributed by atoms with Gasteiger partial charge in [0, 0.05) is 31.9 Å². The predicted molar refractivity (Wildman–Crippen MR) is 80.2 cm³/mol. The van der Waals surface area contributed by atoms with Crippen molar-refractivity contribution in [2.24, 2.45) is 0 Å². The van der Waals surface area contributed by atoms with Gasteiger partial charge in [0.15, 0.2) is 0 Å². The van der Waals surface area contributed by atoms with Crippen LogP contribution in [0.4, 0.5) is 14.9 Å². The number of benzene rings is 1. The molecular formula is C15H20FN3O3. The smallest absolute Gasteiger partial charge is 0.328 e. The number of amides is 2. The Morgan fingerprint density at radius 1 is 1.18 bits per heavy atom. The number of urea groups is 1. The molecule has 0 bridgehead atoms. The van der Waals surface area contributed by atoms with Crippen LogP contribution in [0.5, 0.6) is 0 Å². The van der Waals surface area contributed by atoms with E-state index in [1.807, 2.05) is 0 Å². The van der Waals surface area contributed by atoms with Crippen molar-refractivity contribution >= 4 is 17.7 Å². The number of nitrogens with one attached hydrogen (secondary N) is 1. The normalized spacial score (nSPS) is 16.1. The molecule has 0 aromatic heterocycles. The molecule has 0 radical (unpaired) electrons. The number of carbonyl (C=O) groups excluding carboxylic acids is 2. The highest BCUT2D eigenvalue weighted by atomic mass is 19.1. The van der Waals surface area contributed by atoms with Crippen LogP contribution in [-0.2, 0) is 9.53 Å². The first-order chi connectivity index (χ1) is 10.5. The molecule has 1 heterocycles. The van der Waals surface area contributed by atoms with E-state index in [0.717, 1.165) is 5.69 Å². The van der Waals surface area contributed by atoms with Gasteiger partial charge in [-0.3, -0.25) is 0 Å². The summed E-state index contributed by atoms with van der Waals surface area (Å²) in [6.45, 7) is 3.98. The summed E-state index contributed by atoms with van der Waals surface area (Å²) in [7, 11) is 1.28. The first kappa shape index (κ1) is 16.1. The zero-order valence-electron chi connectivity index (χ0n) is 12.7. The minimum atomic E-state index is -0.673. The molecule has 22 heavy (non-hydrogen) atoms. The maximum Gasteiger partial charge on any atom is 0.328 e. The maximum absolute atomic E-state index is 12.9. The second kappa shape index (κ2) is 7.11. The minimum absolute atomic E-state index is 0.265. The summed E-state index contributed by atoms with van der Waals surface area (Å²) in [6, 6.07) is 5.34. The fourth-order valence-electron chi connectivity index (χ4n) is 2.33. The number of rotatable bonds is 3. The van der Waals surface area contributed by atoms with Crippen molar-refractivity contribution in [2.75, 3.05) is 38.2 Å². The zero-order valence-corrected chi connectivity index (χ0v) is 12.7. The zero-order chi connectivity index (χ0) is 16.1. The molecule has 2 rings (SSSR count). The summed E-state index contributed by atoms with van der Waals surface area (Å²) < 4.78 is 17.5. The third kappa shape index (κ3) is 3.87. The van der Waals surface area contributed by atoms with E-state index in [1.165, 1.54) is 19.2 Å². The molecule has 7 heteroatoms. The van der Waals surface area contributed by atoms with E-state index >= 15 is 0 Å². The molecule has 0 saturated carbocycles. The number of methoxy groups -OCH3 is 1. The van der Waals surface area contributed by atoms with Gasteiger partial charge in [-0.05, 0) is 31.2 Å². The summed E-state index contributed by atoms with van der Waals surface area (Å²) in [5, 5.41) is 2.61. The highest BCUT2D eigenvalue weighted by Crippen LogP contribution is 2.16. The Morgan fingerprint density at radius 2 is 1.77 bits per heavy atom. The number of carbonyl (C=O) groups is 2. The Morgan fingerprint density at radius 3 is 2.32 bits per heavy atom. The lowest BCUT2D eigenvalue weighted by Crippen LogP contribution is -2.54. The van der Waals surface area contributed by atoms with E-state index in [9.17, 15) is 14.0 Å². The van der Waals surface area contributed by atoms with Gasteiger partial charge >= 0.3 is 12.0 Å². The highest BCUT2D eigenvalue weighted by Gasteiger charge is 2.24. The van der Waals surface area contributed by atoms with E-state index in [0.29, 0.717) is 26.2 Å². The fraction of sp³-hybridized carbons (Fsp3) is 0.467. The lowest BCUT2D eigenvalue weighted by Gasteiger charge is -2.36. The summed E-state index contributed by atoms with van der Waals surface area (Å²) >= 11 is 0. The summed E-state index contributed by atoms with van der Waals surface area (Å²) in [4.78, 5) is 27.1. The van der Waals surface area contributed by atoms with Gasteiger partial charge in [0.2, 0.25) is 0 Å². The van der Waals surface area contributed by atoms with Crippen LogP contribution in [-0.4, -0.2) is 56.2 Å². The maximum atomic E-state index is 12.9. The van der Waals surface area contributed by atoms with E-state index in [1.54, 1.807) is 24.0 Å². The van der Waals surface area contributed by atoms with Gasteiger partial charge in [0.05, 0.1) is 7.11 Å². The summed E-state index contributed by atoms with van der Waals surface area (Å²) in [5.41, 5.74) is 0.935. The number of esters is 1. The lowest BCUT2D eigenvalue weighted by atomic mass is 10.2. The highest BCUT2D eigenvalue weighted by molar-refractivity contribution is 5.83. The van der Waals surface area contributed by atoms with Gasteiger partial charge in [0.1, 0.15) is 11.9 Å². The average Bonchev–Trinajstić information content (AvgIpc) is 2.54. The van der Waals surface area contributed by atoms with Crippen LogP contribution in [0.3, 0.4) is 0 Å². The Hall–Kier alpha value is -2.31. The third-order valence-electron chi connectivity index (χ3n) is 3.65. The van der Waals surface area contributed by atoms with Crippen LogP contribution in [0.15, 0.2) is 24.3 Å². The molecule has 0 aliphatic carbocycles. The molecule has 6 nitrogen and oxygen atoms in total. The predicted octanol–water partition coefficient (Wildman–Crippen LogP) is 1.22. The van der Waals surface area contributed by atoms with Gasteiger partial charge in [-0.25, -0.2) is 14.0 Å². The second-order valence-electron chi connectivity index (χ2n) is 5.14. The van der Waals surface area contributed by atoms with Crippen LogP contribution in [0, 0.1) is 5.82 Å². The molecule has 1 atom stereocenters. The number of piperazine rings is 1. The van der Waals surface area contributed by atoms with Crippen molar-refractivity contribution in [3.8, 4) is 0 Å². The van der Waals surface area contributed by atoms with Crippen molar-refractivity contribution in [3.63, 3.8) is 0 Å². The largest absolute Gasteiger partial charge is 0.467 e. The van der Waals surface area contributed by atoms with Crippen LogP contribution in [0.25, 0.3) is 0 Å². The molecule has 1 unspecified atom stereocenters. The molecule has 2 amide bonds. The van der Waals surface area contributed by atoms with Crippen molar-refractivity contribution in [2.45, 2.75) is 13.0 Å². The first-order valence-corrected chi connectivity index (χ1v) is 7.15. The van der Waals surface area contributed by atoms with Crippen molar-refractivity contribution in [3.05, 3.63) is 30.1 Å². The van der Waals surface area contributed by atoms with Gasteiger partial charge in [0.25, 0.3) is 0 Å². The number of halogens is 1. The van der Waals surface area contributed by atoms with Crippen LogP contribution < -0.4 is 10.2 Å². The lowest BCUT2D eigenvalue weighted by molar-refractivity contribution is -0.142. The van der Waals surface area contributed by atoms with Crippen molar-refractivity contribution in [1.29, 1.82) is 0 Å². The van der Waals surface area contributed by atoms with E-state index < -0.39 is 12.0 Å². The quantitative estimate of drug-likeness (QED) is 0.853. The number of hydrogen-bond donors (Lipinski definition) is 1. The van der Waals surface area contributed by atoms with Gasteiger partial charge in [-0.2, -0.15) is 0 Å². The van der Waals surface area contributed by atoms with Crippen LogP contribution in [0.1, 0.15) is 6.92 Å². The second-order valence-corrected chi connectivity index (χ2v) is 5.14. The Labute approximate surface area is 128 Å². The molecule has 120 valence electrons. The molecule has 1 saturated heterocycles. The number of anilines is 1. The van der Waals surface area contributed by atoms with Crippen molar-refractivity contribution in [1.82, 2.24) is 10.2 Å². The third-order valence-corrected chi connectivity index (χ3v) is 3.65. The Balaban J connectivity index is 1.85. The van der Waals surface area contributed by atoms with E-state index in [4.69, 9.17) is 0 Å². The minimum Gasteiger partial charge on any atom is -0.467 e. The molecule has 1 N–H and O–H groups in total. The summed E-state index contributed by atoms with van der Waals surface area (Å²) in [5.74, 6) is -0.739. The number of hydrogen-bond acceptors (Lipinski definition) is 4. The monoisotopic (exact) mass is 309 g/mol. The fourth-order valence-corrected chi connectivity index (χ4v) is 2.33. The topological polar surface area (TPSA) is 61.9 Å². The van der Waals surface area contributed by atoms with Gasteiger partial charge < -0.3 is 19.9 Å². The van der Waals surface area contributed by atoms with Gasteiger partial charge in [-0.15, -0.1) is 0 Å². The SMILES string of the molecule is COC(=O)C(C)NC(=O)N1CCN(c2ccc(F)cc2)CC1. The number of nitrogens with zero attached hydrogens (tertiary/aromatic N) is 2. The Kier molecular flexibility index (Phi) is 5.19. The molecule has 1 aromatic carbocycles. The van der Waals surface area contributed by atoms with Gasteiger partial charge in [-0.1, -0.05) is 0 Å². The van der Waals surface area contributed by atoms with Crippen LogP contribution >= 0.6 is 0 Å². The van der Waals surface area contributed by atoms with Crippen LogP contribution in [0.2, 0.25) is 0 Å². The van der Waals surface area contributed by atoms with E-state index in [-0.39, 0.29) is 11.8 Å². The summed E-state index contributed by atoms with van der Waals surface area (Å²) in [6.07, 6.45) is 0. The first-order valence-electron chi connectivity index (χ1n) is 7.15. The molecule has 0 spiro atoms.